The van der Waals surface area contributed by atoms with E-state index in [4.69, 9.17) is 10.5 Å². The highest BCUT2D eigenvalue weighted by Gasteiger charge is 2.37. The number of hydrogen-bond donors (Lipinski definition) is 2. The van der Waals surface area contributed by atoms with E-state index in [1.165, 1.54) is 12.1 Å². The number of halogens is 3. The molecule has 3 N–H and O–H groups in total. The van der Waals surface area contributed by atoms with E-state index >= 15 is 0 Å². The van der Waals surface area contributed by atoms with Crippen molar-refractivity contribution in [1.29, 1.82) is 0 Å². The van der Waals surface area contributed by atoms with Crippen molar-refractivity contribution in [1.82, 2.24) is 5.32 Å². The van der Waals surface area contributed by atoms with Crippen LogP contribution in [-0.2, 0) is 21.1 Å². The molecule has 1 heterocycles. The van der Waals surface area contributed by atoms with Crippen LogP contribution in [0.1, 0.15) is 37.3 Å². The van der Waals surface area contributed by atoms with Crippen LogP contribution in [0.2, 0.25) is 0 Å². The molecule has 1 saturated heterocycles. The Hall–Kier alpha value is -1.60. The van der Waals surface area contributed by atoms with Crippen LogP contribution in [0.4, 0.5) is 13.2 Å². The van der Waals surface area contributed by atoms with Crippen LogP contribution in [0, 0.1) is 0 Å². The predicted molar refractivity (Wildman–Crippen MR) is 84.5 cm³/mol. The highest BCUT2D eigenvalue weighted by molar-refractivity contribution is 5.76. The normalized spacial score (nSPS) is 18.9. The van der Waals surface area contributed by atoms with Crippen LogP contribution in [-0.4, -0.2) is 31.7 Å². The van der Waals surface area contributed by atoms with E-state index in [-0.39, 0.29) is 24.9 Å². The quantitative estimate of drug-likeness (QED) is 0.863. The number of nitrogens with one attached hydrogen (secondary N) is 1. The molecular formula is C17H23F3N2O2. The first-order valence-corrected chi connectivity index (χ1v) is 8.01. The summed E-state index contributed by atoms with van der Waals surface area (Å²) < 4.78 is 44.4. The lowest BCUT2D eigenvalue weighted by molar-refractivity contribution is -0.137. The topological polar surface area (TPSA) is 64.4 Å². The van der Waals surface area contributed by atoms with E-state index in [2.05, 4.69) is 5.32 Å². The average Bonchev–Trinajstić information content (AvgIpc) is 2.53. The van der Waals surface area contributed by atoms with E-state index in [1.54, 1.807) is 13.0 Å². The smallest absolute Gasteiger partial charge is 0.381 e. The third-order valence-corrected chi connectivity index (χ3v) is 4.38. The van der Waals surface area contributed by atoms with Gasteiger partial charge < -0.3 is 15.8 Å². The van der Waals surface area contributed by atoms with Crippen molar-refractivity contribution >= 4 is 5.91 Å². The molecule has 0 saturated carbocycles. The van der Waals surface area contributed by atoms with Gasteiger partial charge in [0.25, 0.3) is 0 Å². The summed E-state index contributed by atoms with van der Waals surface area (Å²) in [5, 5.41) is 2.83. The molecule has 1 aromatic rings. The second-order valence-electron chi connectivity index (χ2n) is 6.43. The zero-order valence-corrected chi connectivity index (χ0v) is 13.7. The van der Waals surface area contributed by atoms with Gasteiger partial charge in [-0.05, 0) is 31.4 Å². The summed E-state index contributed by atoms with van der Waals surface area (Å²) in [4.78, 5) is 11.9. The van der Waals surface area contributed by atoms with Gasteiger partial charge in [-0.1, -0.05) is 18.2 Å². The van der Waals surface area contributed by atoms with Gasteiger partial charge in [-0.25, -0.2) is 0 Å². The first-order valence-electron chi connectivity index (χ1n) is 8.01. The van der Waals surface area contributed by atoms with Gasteiger partial charge in [-0.3, -0.25) is 4.79 Å². The number of ether oxygens (including phenoxy) is 1. The molecule has 1 fully saturated rings. The van der Waals surface area contributed by atoms with Crippen LogP contribution >= 0.6 is 0 Å². The molecule has 2 rings (SSSR count). The summed E-state index contributed by atoms with van der Waals surface area (Å²) in [5.74, 6) is -0.192. The van der Waals surface area contributed by atoms with Crippen molar-refractivity contribution in [3.05, 3.63) is 35.4 Å². The number of carbonyl (C=O) groups excluding carboxylic acids is 1. The van der Waals surface area contributed by atoms with Crippen LogP contribution in [0.3, 0.4) is 0 Å². The summed E-state index contributed by atoms with van der Waals surface area (Å²) in [5.41, 5.74) is 4.97. The second-order valence-corrected chi connectivity index (χ2v) is 6.43. The largest absolute Gasteiger partial charge is 0.416 e. The van der Waals surface area contributed by atoms with Gasteiger partial charge in [0.15, 0.2) is 0 Å². The molecule has 24 heavy (non-hydrogen) atoms. The number of carbonyl (C=O) groups is 1. The third-order valence-electron chi connectivity index (χ3n) is 4.38. The minimum Gasteiger partial charge on any atom is -0.381 e. The van der Waals surface area contributed by atoms with Gasteiger partial charge in [0.2, 0.25) is 5.91 Å². The Bertz CT molecular complexity index is 567. The summed E-state index contributed by atoms with van der Waals surface area (Å²) in [6, 6.07) is 5.09. The van der Waals surface area contributed by atoms with Gasteiger partial charge in [-0.15, -0.1) is 0 Å². The Labute approximate surface area is 139 Å². The molecule has 0 radical (unpaired) electrons. The minimum atomic E-state index is -4.39. The van der Waals surface area contributed by atoms with Crippen molar-refractivity contribution in [3.63, 3.8) is 0 Å². The fourth-order valence-corrected chi connectivity index (χ4v) is 2.99. The zero-order valence-electron chi connectivity index (χ0n) is 13.7. The van der Waals surface area contributed by atoms with Gasteiger partial charge >= 0.3 is 6.18 Å². The molecular weight excluding hydrogens is 321 g/mol. The Balaban J connectivity index is 2.23. The molecule has 1 atom stereocenters. The number of nitrogens with two attached hydrogens (primary N) is 1. The monoisotopic (exact) mass is 344 g/mol. The Kier molecular flexibility index (Phi) is 5.87. The van der Waals surface area contributed by atoms with Gasteiger partial charge in [0.1, 0.15) is 0 Å². The fraction of sp³-hybridized carbons (Fsp3) is 0.588. The third kappa shape index (κ3) is 4.70. The lowest BCUT2D eigenvalue weighted by Gasteiger charge is -2.38. The maximum absolute atomic E-state index is 13.0. The summed E-state index contributed by atoms with van der Waals surface area (Å²) >= 11 is 0. The van der Waals surface area contributed by atoms with E-state index in [9.17, 15) is 18.0 Å². The van der Waals surface area contributed by atoms with E-state index in [1.807, 2.05) is 0 Å². The molecule has 1 unspecified atom stereocenters. The first-order chi connectivity index (χ1) is 11.2. The van der Waals surface area contributed by atoms with Crippen LogP contribution in [0.5, 0.6) is 0 Å². The average molecular weight is 344 g/mol. The molecule has 7 heteroatoms. The Morgan fingerprint density at radius 3 is 2.62 bits per heavy atom. The minimum absolute atomic E-state index is 0.190. The first kappa shape index (κ1) is 18.7. The molecule has 0 spiro atoms. The number of alkyl halides is 3. The number of hydrogen-bond acceptors (Lipinski definition) is 3. The maximum Gasteiger partial charge on any atom is 0.416 e. The van der Waals surface area contributed by atoms with Gasteiger partial charge in [-0.2, -0.15) is 13.2 Å². The fourth-order valence-electron chi connectivity index (χ4n) is 2.99. The van der Waals surface area contributed by atoms with Gasteiger partial charge in [0, 0.05) is 37.6 Å². The lowest BCUT2D eigenvalue weighted by atomic mass is 9.73. The van der Waals surface area contributed by atoms with Crippen molar-refractivity contribution in [2.75, 3.05) is 19.8 Å². The molecule has 134 valence electrons. The highest BCUT2D eigenvalue weighted by atomic mass is 19.4. The molecule has 4 nitrogen and oxygen atoms in total. The van der Waals surface area contributed by atoms with Crippen LogP contribution < -0.4 is 11.1 Å². The molecule has 1 aliphatic rings. The lowest BCUT2D eigenvalue weighted by Crippen LogP contribution is -2.45. The van der Waals surface area contributed by atoms with E-state index in [0.717, 1.165) is 6.07 Å². The number of rotatable bonds is 5. The molecule has 1 aromatic carbocycles. The zero-order chi connectivity index (χ0) is 17.8. The standard InChI is InChI=1S/C17H23F3N2O2/c1-12(21)9-15(23)22-11-16(5-7-24-8-6-16)13-3-2-4-14(10-13)17(18,19)20/h2-4,10,12H,5-9,11,21H2,1H3,(H,22,23). The van der Waals surface area contributed by atoms with E-state index < -0.39 is 17.2 Å². The Morgan fingerprint density at radius 1 is 1.38 bits per heavy atom. The van der Waals surface area contributed by atoms with Crippen molar-refractivity contribution < 1.29 is 22.7 Å². The maximum atomic E-state index is 13.0. The SMILES string of the molecule is CC(N)CC(=O)NCC1(c2cccc(C(F)(F)F)c2)CCOCC1. The van der Waals surface area contributed by atoms with E-state index in [0.29, 0.717) is 31.6 Å². The molecule has 0 bridgehead atoms. The predicted octanol–water partition coefficient (Wildman–Crippen LogP) is 2.61. The molecule has 1 aliphatic heterocycles. The highest BCUT2D eigenvalue weighted by Crippen LogP contribution is 2.37. The summed E-state index contributed by atoms with van der Waals surface area (Å²) in [7, 11) is 0. The summed E-state index contributed by atoms with van der Waals surface area (Å²) in [6.45, 7) is 2.93. The summed E-state index contributed by atoms with van der Waals surface area (Å²) in [6.07, 6.45) is -3.07. The van der Waals surface area contributed by atoms with Crippen molar-refractivity contribution in [2.24, 2.45) is 5.73 Å². The van der Waals surface area contributed by atoms with Crippen molar-refractivity contribution in [3.8, 4) is 0 Å². The second kappa shape index (κ2) is 7.53. The number of amides is 1. The van der Waals surface area contributed by atoms with Gasteiger partial charge in [0.05, 0.1) is 5.56 Å². The molecule has 0 aromatic heterocycles. The molecule has 0 aliphatic carbocycles. The Morgan fingerprint density at radius 2 is 2.04 bits per heavy atom. The number of benzene rings is 1. The van der Waals surface area contributed by atoms with Crippen LogP contribution in [0.25, 0.3) is 0 Å². The van der Waals surface area contributed by atoms with Crippen LogP contribution in [0.15, 0.2) is 24.3 Å². The van der Waals surface area contributed by atoms with Crippen molar-refractivity contribution in [2.45, 2.75) is 43.8 Å². The molecule has 1 amide bonds.